The number of aromatic nitrogens is 1. The van der Waals surface area contributed by atoms with Crippen molar-refractivity contribution < 1.29 is 4.42 Å². The van der Waals surface area contributed by atoms with Gasteiger partial charge in [-0.2, -0.15) is 5.26 Å². The minimum Gasteiger partial charge on any atom is -0.455 e. The number of furan rings is 1. The first-order valence-corrected chi connectivity index (χ1v) is 12.2. The van der Waals surface area contributed by atoms with Gasteiger partial charge in [0.25, 0.3) is 0 Å². The summed E-state index contributed by atoms with van der Waals surface area (Å²) in [6.07, 6.45) is 1.86. The molecular formula is C33H19BN2O. The predicted molar refractivity (Wildman–Crippen MR) is 152 cm³/mol. The molecule has 0 N–H and O–H groups in total. The molecule has 0 saturated heterocycles. The third-order valence-corrected chi connectivity index (χ3v) is 7.20. The molecule has 0 saturated carbocycles. The van der Waals surface area contributed by atoms with Crippen LogP contribution < -0.4 is 5.46 Å². The summed E-state index contributed by atoms with van der Waals surface area (Å²) in [6, 6.07) is 32.7. The number of hydrogen-bond acceptors (Lipinski definition) is 3. The third-order valence-electron chi connectivity index (χ3n) is 7.20. The average Bonchev–Trinajstić information content (AvgIpc) is 3.33. The van der Waals surface area contributed by atoms with Crippen molar-refractivity contribution in [2.24, 2.45) is 0 Å². The summed E-state index contributed by atoms with van der Waals surface area (Å²) >= 11 is 0. The van der Waals surface area contributed by atoms with Crippen molar-refractivity contribution in [1.82, 2.24) is 4.98 Å². The number of rotatable bonds is 2. The van der Waals surface area contributed by atoms with Gasteiger partial charge in [0.15, 0.2) is 0 Å². The van der Waals surface area contributed by atoms with E-state index in [0.717, 1.165) is 65.8 Å². The fraction of sp³-hybridized carbons (Fsp3) is 0.0303. The van der Waals surface area contributed by atoms with Gasteiger partial charge < -0.3 is 4.42 Å². The van der Waals surface area contributed by atoms with Crippen molar-refractivity contribution in [3.05, 3.63) is 108 Å². The molecule has 37 heavy (non-hydrogen) atoms. The lowest BCUT2D eigenvalue weighted by molar-refractivity contribution is 0.671. The Balaban J connectivity index is 1.65. The first-order chi connectivity index (χ1) is 18.2. The number of aryl methyl sites for hydroxylation is 1. The summed E-state index contributed by atoms with van der Waals surface area (Å²) in [5, 5.41) is 16.2. The van der Waals surface area contributed by atoms with Crippen LogP contribution in [0.1, 0.15) is 11.1 Å². The van der Waals surface area contributed by atoms with Crippen molar-refractivity contribution in [1.29, 1.82) is 5.26 Å². The van der Waals surface area contributed by atoms with Crippen LogP contribution in [0.3, 0.4) is 0 Å². The van der Waals surface area contributed by atoms with Crippen molar-refractivity contribution in [3.63, 3.8) is 0 Å². The Morgan fingerprint density at radius 3 is 2.08 bits per heavy atom. The monoisotopic (exact) mass is 470 g/mol. The van der Waals surface area contributed by atoms with Crippen LogP contribution in [-0.2, 0) is 0 Å². The van der Waals surface area contributed by atoms with E-state index in [4.69, 9.17) is 12.3 Å². The Kier molecular flexibility index (Phi) is 4.68. The van der Waals surface area contributed by atoms with Crippen LogP contribution in [0.5, 0.6) is 0 Å². The number of pyridine rings is 1. The Morgan fingerprint density at radius 1 is 0.676 bits per heavy atom. The van der Waals surface area contributed by atoms with Crippen LogP contribution in [0.4, 0.5) is 0 Å². The van der Waals surface area contributed by atoms with Crippen molar-refractivity contribution >= 4 is 56.8 Å². The highest BCUT2D eigenvalue weighted by atomic mass is 16.3. The second-order valence-electron chi connectivity index (χ2n) is 9.36. The summed E-state index contributed by atoms with van der Waals surface area (Å²) in [4.78, 5) is 4.64. The minimum absolute atomic E-state index is 0.522. The maximum Gasteiger partial charge on any atom is 0.144 e. The van der Waals surface area contributed by atoms with E-state index in [1.807, 2.05) is 79.9 Å². The fourth-order valence-electron chi connectivity index (χ4n) is 5.47. The highest BCUT2D eigenvalue weighted by Crippen LogP contribution is 2.43. The number of benzene rings is 5. The van der Waals surface area contributed by atoms with Crippen LogP contribution in [0.15, 0.2) is 102 Å². The van der Waals surface area contributed by atoms with Crippen LogP contribution in [0.25, 0.3) is 65.9 Å². The number of nitriles is 1. The molecule has 4 heteroatoms. The molecule has 0 atom stereocenters. The SMILES string of the molecule is [B]c1c(-c2c(C#N)ccc3c2oc2c(-c4ccc(C)cn4)cccc23)c2ccccc2c2ccccc12. The van der Waals surface area contributed by atoms with E-state index in [1.165, 1.54) is 0 Å². The largest absolute Gasteiger partial charge is 0.455 e. The smallest absolute Gasteiger partial charge is 0.144 e. The molecule has 170 valence electrons. The first kappa shape index (κ1) is 21.4. The van der Waals surface area contributed by atoms with Gasteiger partial charge in [0, 0.05) is 28.1 Å². The average molecular weight is 470 g/mol. The van der Waals surface area contributed by atoms with Gasteiger partial charge in [-0.3, -0.25) is 4.98 Å². The Labute approximate surface area is 215 Å². The topological polar surface area (TPSA) is 49.8 Å². The Bertz CT molecular complexity index is 2060. The molecule has 0 aliphatic carbocycles. The maximum atomic E-state index is 10.2. The van der Waals surface area contributed by atoms with Gasteiger partial charge in [-0.05, 0) is 63.9 Å². The zero-order chi connectivity index (χ0) is 25.1. The predicted octanol–water partition coefficient (Wildman–Crippen LogP) is 7.60. The highest BCUT2D eigenvalue weighted by Gasteiger charge is 2.22. The molecule has 7 aromatic rings. The van der Waals surface area contributed by atoms with Crippen LogP contribution >= 0.6 is 0 Å². The molecule has 7 rings (SSSR count). The molecule has 0 amide bonds. The summed E-state index contributed by atoms with van der Waals surface area (Å²) < 4.78 is 6.67. The quantitative estimate of drug-likeness (QED) is 0.193. The zero-order valence-electron chi connectivity index (χ0n) is 20.1. The van der Waals surface area contributed by atoms with Crippen molar-refractivity contribution in [3.8, 4) is 28.5 Å². The van der Waals surface area contributed by atoms with Gasteiger partial charge in [0.05, 0.1) is 17.3 Å². The molecule has 5 aromatic carbocycles. The molecule has 0 aliphatic heterocycles. The molecule has 3 nitrogen and oxygen atoms in total. The lowest BCUT2D eigenvalue weighted by atomic mass is 9.78. The van der Waals surface area contributed by atoms with Crippen LogP contribution in [0, 0.1) is 18.3 Å². The van der Waals surface area contributed by atoms with Gasteiger partial charge in [0.2, 0.25) is 0 Å². The Morgan fingerprint density at radius 2 is 1.35 bits per heavy atom. The summed E-state index contributed by atoms with van der Waals surface area (Å²) in [7, 11) is 6.90. The molecule has 0 fully saturated rings. The number of hydrogen-bond donors (Lipinski definition) is 0. The van der Waals surface area contributed by atoms with E-state index < -0.39 is 0 Å². The fourth-order valence-corrected chi connectivity index (χ4v) is 5.47. The zero-order valence-corrected chi connectivity index (χ0v) is 20.1. The summed E-state index contributed by atoms with van der Waals surface area (Å²) in [5.41, 5.74) is 6.95. The molecule has 0 bridgehead atoms. The van der Waals surface area contributed by atoms with E-state index in [2.05, 4.69) is 35.3 Å². The van der Waals surface area contributed by atoms with Gasteiger partial charge >= 0.3 is 0 Å². The molecule has 0 unspecified atom stereocenters. The number of nitrogens with zero attached hydrogens (tertiary/aromatic N) is 2. The lowest BCUT2D eigenvalue weighted by Gasteiger charge is -2.17. The van der Waals surface area contributed by atoms with E-state index in [-0.39, 0.29) is 0 Å². The summed E-state index contributed by atoms with van der Waals surface area (Å²) in [5.74, 6) is 0. The molecule has 2 heterocycles. The van der Waals surface area contributed by atoms with Gasteiger partial charge in [-0.25, -0.2) is 0 Å². The third kappa shape index (κ3) is 3.11. The van der Waals surface area contributed by atoms with Gasteiger partial charge in [0.1, 0.15) is 19.0 Å². The first-order valence-electron chi connectivity index (χ1n) is 12.2. The van der Waals surface area contributed by atoms with Crippen molar-refractivity contribution in [2.75, 3.05) is 0 Å². The maximum absolute atomic E-state index is 10.2. The van der Waals surface area contributed by atoms with Crippen LogP contribution in [0.2, 0.25) is 0 Å². The van der Waals surface area contributed by atoms with Crippen molar-refractivity contribution in [2.45, 2.75) is 6.92 Å². The second kappa shape index (κ2) is 8.08. The normalized spacial score (nSPS) is 11.5. The molecule has 2 radical (unpaired) electrons. The summed E-state index contributed by atoms with van der Waals surface area (Å²) in [6.45, 7) is 2.02. The number of para-hydroxylation sites is 1. The van der Waals surface area contributed by atoms with Crippen LogP contribution in [-0.4, -0.2) is 12.8 Å². The molecule has 0 spiro atoms. The highest BCUT2D eigenvalue weighted by molar-refractivity contribution is 6.46. The number of fused-ring (bicyclic) bond motifs is 6. The molecule has 2 aromatic heterocycles. The van der Waals surface area contributed by atoms with Gasteiger partial charge in [-0.1, -0.05) is 72.2 Å². The van der Waals surface area contributed by atoms with E-state index in [9.17, 15) is 5.26 Å². The van der Waals surface area contributed by atoms with Gasteiger partial charge in [-0.15, -0.1) is 0 Å². The van der Waals surface area contributed by atoms with E-state index >= 15 is 0 Å². The second-order valence-corrected chi connectivity index (χ2v) is 9.36. The van der Waals surface area contributed by atoms with E-state index in [0.29, 0.717) is 16.6 Å². The van der Waals surface area contributed by atoms with E-state index in [1.54, 1.807) is 0 Å². The molecule has 0 aliphatic rings. The molecular weight excluding hydrogens is 451 g/mol. The Hall–Kier alpha value is -4.88. The standard InChI is InChI=1S/C33H19BN2O/c1-19-13-16-28(36-18-19)27-12-6-11-25-26-15-14-20(17-35)29(33(26)37-32(25)27)30-23-9-4-2-7-21(23)22-8-3-5-10-24(22)31(30)34/h2-16,18H,1H3. The minimum atomic E-state index is 0.522. The lowest BCUT2D eigenvalue weighted by Crippen LogP contribution is -2.10.